The zero-order valence-electron chi connectivity index (χ0n) is 18.5. The zero-order chi connectivity index (χ0) is 23.9. The summed E-state index contributed by atoms with van der Waals surface area (Å²) in [5.41, 5.74) is 1.12. The molecule has 33 heavy (non-hydrogen) atoms. The monoisotopic (exact) mass is 490 g/mol. The van der Waals surface area contributed by atoms with Gasteiger partial charge in [-0.25, -0.2) is 9.78 Å². The minimum absolute atomic E-state index is 0.0697. The third-order valence-electron chi connectivity index (χ3n) is 6.03. The lowest BCUT2D eigenvalue weighted by Crippen LogP contribution is -2.47. The van der Waals surface area contributed by atoms with Crippen LogP contribution < -0.4 is 0 Å². The second-order valence-electron chi connectivity index (χ2n) is 8.26. The predicted octanol–water partition coefficient (Wildman–Crippen LogP) is 4.66. The number of rotatable bonds is 7. The summed E-state index contributed by atoms with van der Waals surface area (Å²) < 4.78 is 49.4. The summed E-state index contributed by atoms with van der Waals surface area (Å²) in [6, 6.07) is 4.02. The average molecular weight is 491 g/mol. The molecule has 2 fully saturated rings. The lowest BCUT2D eigenvalue weighted by atomic mass is 9.78. The Hall–Kier alpha value is -1.95. The number of hydrogen-bond donors (Lipinski definition) is 1. The fourth-order valence-electron chi connectivity index (χ4n) is 4.33. The highest BCUT2D eigenvalue weighted by Gasteiger charge is 2.45. The van der Waals surface area contributed by atoms with E-state index in [1.807, 2.05) is 13.0 Å². The molecule has 1 spiro atoms. The normalized spacial score (nSPS) is 20.5. The highest BCUT2D eigenvalue weighted by Crippen LogP contribution is 2.42. The highest BCUT2D eigenvalue weighted by atomic mass is 32.1. The Balaban J connectivity index is 0.000000383. The van der Waals surface area contributed by atoms with E-state index in [4.69, 9.17) is 23.8 Å². The van der Waals surface area contributed by atoms with E-state index in [0.717, 1.165) is 75.0 Å². The summed E-state index contributed by atoms with van der Waals surface area (Å²) >= 11 is 1.68. The summed E-state index contributed by atoms with van der Waals surface area (Å²) in [7, 11) is 0. The van der Waals surface area contributed by atoms with Crippen LogP contribution >= 0.6 is 11.3 Å². The van der Waals surface area contributed by atoms with Crippen molar-refractivity contribution in [2.75, 3.05) is 26.3 Å². The van der Waals surface area contributed by atoms with E-state index in [-0.39, 0.29) is 5.60 Å². The van der Waals surface area contributed by atoms with Crippen LogP contribution in [0.4, 0.5) is 13.2 Å². The number of ether oxygens (including phenoxy) is 2. The number of carboxylic acids is 1. The second-order valence-corrected chi connectivity index (χ2v) is 9.32. The van der Waals surface area contributed by atoms with Crippen LogP contribution in [0.5, 0.6) is 0 Å². The first-order chi connectivity index (χ1) is 15.7. The Bertz CT molecular complexity index is 864. The van der Waals surface area contributed by atoms with E-state index in [0.29, 0.717) is 12.5 Å². The van der Waals surface area contributed by atoms with Gasteiger partial charge < -0.3 is 19.0 Å². The Labute approximate surface area is 194 Å². The number of aromatic nitrogens is 1. The highest BCUT2D eigenvalue weighted by molar-refractivity contribution is 7.09. The molecule has 1 N–H and O–H groups in total. The fraction of sp³-hybridized carbons (Fsp3) is 0.636. The van der Waals surface area contributed by atoms with Gasteiger partial charge in [-0.3, -0.25) is 4.90 Å². The number of alkyl halides is 3. The summed E-state index contributed by atoms with van der Waals surface area (Å²) in [4.78, 5) is 15.8. The van der Waals surface area contributed by atoms with E-state index in [2.05, 4.69) is 21.3 Å². The van der Waals surface area contributed by atoms with Gasteiger partial charge in [0.2, 0.25) is 0 Å². The topological polar surface area (TPSA) is 85.0 Å². The van der Waals surface area contributed by atoms with E-state index in [1.54, 1.807) is 17.6 Å². The van der Waals surface area contributed by atoms with E-state index in [1.165, 1.54) is 0 Å². The minimum Gasteiger partial charge on any atom is -0.475 e. The third kappa shape index (κ3) is 7.53. The summed E-state index contributed by atoms with van der Waals surface area (Å²) in [6.07, 6.45) is 1.15. The number of nitrogens with zero attached hydrogens (tertiary/aromatic N) is 2. The van der Waals surface area contributed by atoms with Crippen molar-refractivity contribution in [3.63, 3.8) is 0 Å². The zero-order valence-corrected chi connectivity index (χ0v) is 19.3. The number of carbonyl (C=O) groups is 1. The predicted molar refractivity (Wildman–Crippen MR) is 115 cm³/mol. The van der Waals surface area contributed by atoms with Gasteiger partial charge in [0.15, 0.2) is 0 Å². The number of piperidine rings is 1. The van der Waals surface area contributed by atoms with Gasteiger partial charge in [0, 0.05) is 31.7 Å². The Morgan fingerprint density at radius 1 is 1.39 bits per heavy atom. The number of hydrogen-bond acceptors (Lipinski definition) is 7. The largest absolute Gasteiger partial charge is 0.490 e. The molecule has 7 nitrogen and oxygen atoms in total. The number of likely N-dealkylation sites (tertiary alicyclic amines) is 1. The molecule has 0 bridgehead atoms. The first kappa shape index (κ1) is 25.7. The Morgan fingerprint density at radius 2 is 2.12 bits per heavy atom. The van der Waals surface area contributed by atoms with Crippen LogP contribution in [0, 0.1) is 12.8 Å². The number of carboxylic acid groups (broad SMARTS) is 1. The number of halogens is 3. The molecule has 4 heterocycles. The van der Waals surface area contributed by atoms with E-state index >= 15 is 0 Å². The van der Waals surface area contributed by atoms with Crippen molar-refractivity contribution in [1.29, 1.82) is 0 Å². The third-order valence-corrected chi connectivity index (χ3v) is 6.85. The van der Waals surface area contributed by atoms with Crippen LogP contribution in [-0.4, -0.2) is 59.0 Å². The van der Waals surface area contributed by atoms with Crippen LogP contribution in [0.15, 0.2) is 28.2 Å². The number of aryl methyl sites for hydroxylation is 1. The molecule has 0 radical (unpaired) electrons. The molecule has 2 saturated heterocycles. The van der Waals surface area contributed by atoms with Gasteiger partial charge in [-0.15, -0.1) is 11.3 Å². The maximum atomic E-state index is 10.6. The van der Waals surface area contributed by atoms with E-state index in [9.17, 15) is 13.2 Å². The molecule has 2 aromatic rings. The molecular weight excluding hydrogens is 461 g/mol. The van der Waals surface area contributed by atoms with Crippen molar-refractivity contribution in [1.82, 2.24) is 9.88 Å². The van der Waals surface area contributed by atoms with Gasteiger partial charge in [-0.2, -0.15) is 13.2 Å². The molecule has 4 rings (SSSR count). The van der Waals surface area contributed by atoms with Crippen molar-refractivity contribution in [2.24, 2.45) is 5.92 Å². The SMILES string of the molecule is Cc1nc(COCCC2CCOC23CCN(Cc2ccco2)CC3)cs1.O=C(O)C(F)(F)F. The van der Waals surface area contributed by atoms with Gasteiger partial charge in [0.25, 0.3) is 0 Å². The van der Waals surface area contributed by atoms with Gasteiger partial charge in [-0.1, -0.05) is 0 Å². The van der Waals surface area contributed by atoms with Crippen LogP contribution in [-0.2, 0) is 27.4 Å². The Morgan fingerprint density at radius 3 is 2.70 bits per heavy atom. The summed E-state index contributed by atoms with van der Waals surface area (Å²) in [6.45, 7) is 7.42. The summed E-state index contributed by atoms with van der Waals surface area (Å²) in [5, 5.41) is 10.3. The van der Waals surface area contributed by atoms with Crippen LogP contribution in [0.25, 0.3) is 0 Å². The van der Waals surface area contributed by atoms with Crippen molar-refractivity contribution in [3.05, 3.63) is 40.2 Å². The molecule has 1 atom stereocenters. The molecule has 2 aliphatic heterocycles. The standard InChI is InChI=1S/C20H28N2O3S.C2HF3O2/c1-16-21-18(15-26-16)14-23-11-4-17-5-12-25-20(17)6-8-22(9-7-20)13-19-3-2-10-24-19;3-2(4,5)1(6)7/h2-3,10,15,17H,4-9,11-14H2,1H3;(H,6,7). The van der Waals surface area contributed by atoms with Crippen LogP contribution in [0.3, 0.4) is 0 Å². The first-order valence-electron chi connectivity index (χ1n) is 10.9. The molecule has 11 heteroatoms. The molecule has 0 saturated carbocycles. The van der Waals surface area contributed by atoms with Crippen molar-refractivity contribution < 1.29 is 37.0 Å². The van der Waals surface area contributed by atoms with Gasteiger partial charge >= 0.3 is 12.1 Å². The molecule has 1 unspecified atom stereocenters. The molecule has 2 aliphatic rings. The quantitative estimate of drug-likeness (QED) is 0.565. The molecular formula is C22H29F3N2O5S. The maximum absolute atomic E-state index is 10.6. The molecule has 0 amide bonds. The minimum atomic E-state index is -5.08. The van der Waals surface area contributed by atoms with Gasteiger partial charge in [0.05, 0.1) is 35.7 Å². The second kappa shape index (κ2) is 11.5. The number of aliphatic carboxylic acids is 1. The number of furan rings is 1. The first-order valence-corrected chi connectivity index (χ1v) is 11.7. The number of thiazole rings is 1. The van der Waals surface area contributed by atoms with Crippen LogP contribution in [0.2, 0.25) is 0 Å². The fourth-order valence-corrected chi connectivity index (χ4v) is 4.93. The maximum Gasteiger partial charge on any atom is 0.490 e. The molecule has 0 aromatic carbocycles. The lowest BCUT2D eigenvalue weighted by molar-refractivity contribution is -0.192. The molecule has 184 valence electrons. The molecule has 0 aliphatic carbocycles. The van der Waals surface area contributed by atoms with E-state index < -0.39 is 12.1 Å². The van der Waals surface area contributed by atoms with Crippen molar-refractivity contribution >= 4 is 17.3 Å². The van der Waals surface area contributed by atoms with Crippen LogP contribution in [0.1, 0.15) is 42.1 Å². The summed E-state index contributed by atoms with van der Waals surface area (Å²) in [5.74, 6) is -1.09. The van der Waals surface area contributed by atoms with Gasteiger partial charge in [-0.05, 0) is 50.7 Å². The van der Waals surface area contributed by atoms with Crippen molar-refractivity contribution in [3.8, 4) is 0 Å². The Kier molecular flexibility index (Phi) is 8.91. The average Bonchev–Trinajstić information content (AvgIpc) is 3.50. The van der Waals surface area contributed by atoms with Gasteiger partial charge in [0.1, 0.15) is 5.76 Å². The smallest absolute Gasteiger partial charge is 0.475 e. The van der Waals surface area contributed by atoms with Crippen molar-refractivity contribution in [2.45, 2.75) is 57.5 Å². The molecule has 2 aromatic heterocycles. The lowest BCUT2D eigenvalue weighted by Gasteiger charge is -2.42.